The van der Waals surface area contributed by atoms with Crippen LogP contribution in [0.25, 0.3) is 0 Å². The summed E-state index contributed by atoms with van der Waals surface area (Å²) in [5, 5.41) is 0.0820. The summed E-state index contributed by atoms with van der Waals surface area (Å²) in [7, 11) is 0. The lowest BCUT2D eigenvalue weighted by Gasteiger charge is -2.22. The van der Waals surface area contributed by atoms with E-state index in [0.717, 1.165) is 23.0 Å². The molecule has 1 unspecified atom stereocenters. The van der Waals surface area contributed by atoms with Crippen LogP contribution in [-0.4, -0.2) is 6.29 Å². The molecule has 0 spiro atoms. The number of aldehydes is 1. The molecule has 1 aliphatic carbocycles. The number of rotatable bonds is 2. The summed E-state index contributed by atoms with van der Waals surface area (Å²) in [6, 6.07) is 11.0. The minimum atomic E-state index is -0.622. The highest BCUT2D eigenvalue weighted by molar-refractivity contribution is 9.10. The molecule has 1 aliphatic rings. The third-order valence-electron chi connectivity index (χ3n) is 3.93. The fraction of sp³-hybridized carbons (Fsp3) is 0.188. The quantitative estimate of drug-likeness (QED) is 0.575. The van der Waals surface area contributed by atoms with Gasteiger partial charge in [0.15, 0.2) is 0 Å². The first kappa shape index (κ1) is 13.8. The largest absolute Gasteiger partial charge is 0.302 e. The van der Waals surface area contributed by atoms with Crippen LogP contribution in [0, 0.1) is 5.82 Å². The molecule has 0 fully saturated rings. The zero-order chi connectivity index (χ0) is 14.3. The molecule has 0 aromatic heterocycles. The van der Waals surface area contributed by atoms with Gasteiger partial charge in [-0.1, -0.05) is 41.9 Å². The normalized spacial score (nSPS) is 20.8. The predicted octanol–water partition coefficient (Wildman–Crippen LogP) is 4.48. The number of hydrogen-bond acceptors (Lipinski definition) is 1. The Bertz CT molecular complexity index is 687. The van der Waals surface area contributed by atoms with E-state index in [2.05, 4.69) is 15.9 Å². The molecule has 1 nitrogen and oxygen atoms in total. The van der Waals surface area contributed by atoms with Crippen LogP contribution in [0.15, 0.2) is 40.9 Å². The van der Waals surface area contributed by atoms with Crippen molar-refractivity contribution in [3.63, 3.8) is 0 Å². The molecule has 102 valence electrons. The van der Waals surface area contributed by atoms with E-state index in [0.29, 0.717) is 17.3 Å². The van der Waals surface area contributed by atoms with E-state index in [-0.39, 0.29) is 5.02 Å². The first-order valence-electron chi connectivity index (χ1n) is 6.24. The maximum absolute atomic E-state index is 13.7. The maximum Gasteiger partial charge on any atom is 0.143 e. The summed E-state index contributed by atoms with van der Waals surface area (Å²) in [5.41, 5.74) is 2.10. The van der Waals surface area contributed by atoms with E-state index >= 15 is 0 Å². The fourth-order valence-corrected chi connectivity index (χ4v) is 3.63. The second kappa shape index (κ2) is 4.97. The molecule has 2 aromatic rings. The van der Waals surface area contributed by atoms with E-state index < -0.39 is 11.2 Å². The van der Waals surface area contributed by atoms with Gasteiger partial charge in [-0.2, -0.15) is 0 Å². The number of carbonyl (C=O) groups is 1. The van der Waals surface area contributed by atoms with Gasteiger partial charge in [-0.25, -0.2) is 4.39 Å². The standard InChI is InChI=1S/C16H11BrClFO/c17-14-12-8-16(9-20,11-4-2-1-3-5-11)7-10(12)6-13(19)15(14)18/h1-6,9H,7-8H2. The number of fused-ring (bicyclic) bond motifs is 1. The lowest BCUT2D eigenvalue weighted by Crippen LogP contribution is -2.28. The Labute approximate surface area is 129 Å². The number of hydrogen-bond donors (Lipinski definition) is 0. The van der Waals surface area contributed by atoms with Gasteiger partial charge in [0.1, 0.15) is 12.1 Å². The van der Waals surface area contributed by atoms with Crippen LogP contribution in [0.3, 0.4) is 0 Å². The molecule has 0 saturated heterocycles. The smallest absolute Gasteiger partial charge is 0.143 e. The summed E-state index contributed by atoms with van der Waals surface area (Å²) < 4.78 is 14.3. The van der Waals surface area contributed by atoms with Crippen molar-refractivity contribution in [2.45, 2.75) is 18.3 Å². The van der Waals surface area contributed by atoms with Crippen molar-refractivity contribution in [3.05, 3.63) is 68.4 Å². The highest BCUT2D eigenvalue weighted by Crippen LogP contribution is 2.44. The van der Waals surface area contributed by atoms with Gasteiger partial charge in [0.05, 0.1) is 10.4 Å². The van der Waals surface area contributed by atoms with E-state index in [4.69, 9.17) is 11.6 Å². The van der Waals surface area contributed by atoms with Gasteiger partial charge in [0.25, 0.3) is 0 Å². The van der Waals surface area contributed by atoms with Gasteiger partial charge in [-0.3, -0.25) is 0 Å². The molecule has 3 rings (SSSR count). The van der Waals surface area contributed by atoms with Gasteiger partial charge < -0.3 is 4.79 Å². The highest BCUT2D eigenvalue weighted by Gasteiger charge is 2.40. The Hall–Kier alpha value is -1.19. The first-order chi connectivity index (χ1) is 9.57. The summed E-state index contributed by atoms with van der Waals surface area (Å²) in [5.74, 6) is -0.452. The Balaban J connectivity index is 2.13. The average molecular weight is 354 g/mol. The Morgan fingerprint density at radius 3 is 2.60 bits per heavy atom. The Morgan fingerprint density at radius 1 is 1.25 bits per heavy atom. The summed E-state index contributed by atoms with van der Waals surface area (Å²) in [4.78, 5) is 11.7. The van der Waals surface area contributed by atoms with Crippen LogP contribution < -0.4 is 0 Å². The maximum atomic E-state index is 13.7. The van der Waals surface area contributed by atoms with Crippen LogP contribution >= 0.6 is 27.5 Å². The second-order valence-corrected chi connectivity index (χ2v) is 6.29. The molecule has 1 atom stereocenters. The van der Waals surface area contributed by atoms with Crippen LogP contribution in [0.2, 0.25) is 5.02 Å². The van der Waals surface area contributed by atoms with Crippen molar-refractivity contribution in [1.29, 1.82) is 0 Å². The van der Waals surface area contributed by atoms with Crippen LogP contribution in [-0.2, 0) is 23.1 Å². The number of carbonyl (C=O) groups excluding carboxylic acids is 1. The minimum absolute atomic E-state index is 0.0820. The summed E-state index contributed by atoms with van der Waals surface area (Å²) >= 11 is 9.28. The third-order valence-corrected chi connectivity index (χ3v) is 5.40. The lowest BCUT2D eigenvalue weighted by molar-refractivity contribution is -0.112. The molecule has 0 aliphatic heterocycles. The van der Waals surface area contributed by atoms with Crippen LogP contribution in [0.4, 0.5) is 4.39 Å². The fourth-order valence-electron chi connectivity index (χ4n) is 2.87. The molecule has 0 amide bonds. The zero-order valence-electron chi connectivity index (χ0n) is 10.5. The molecular weight excluding hydrogens is 343 g/mol. The van der Waals surface area contributed by atoms with E-state index in [1.54, 1.807) is 0 Å². The molecule has 0 heterocycles. The molecule has 4 heteroatoms. The molecular formula is C16H11BrClFO. The predicted molar refractivity (Wildman–Crippen MR) is 80.7 cm³/mol. The van der Waals surface area contributed by atoms with Gasteiger partial charge in [0.2, 0.25) is 0 Å². The van der Waals surface area contributed by atoms with Gasteiger partial charge in [-0.15, -0.1) is 0 Å². The summed E-state index contributed by atoms with van der Waals surface area (Å²) in [6.45, 7) is 0. The van der Waals surface area contributed by atoms with Crippen molar-refractivity contribution in [2.75, 3.05) is 0 Å². The van der Waals surface area contributed by atoms with Crippen molar-refractivity contribution >= 4 is 33.8 Å². The average Bonchev–Trinajstić information content (AvgIpc) is 2.86. The van der Waals surface area contributed by atoms with Gasteiger partial charge >= 0.3 is 0 Å². The van der Waals surface area contributed by atoms with Crippen LogP contribution in [0.5, 0.6) is 0 Å². The van der Waals surface area contributed by atoms with E-state index in [9.17, 15) is 9.18 Å². The summed E-state index contributed by atoms with van der Waals surface area (Å²) in [6.07, 6.45) is 2.01. The van der Waals surface area contributed by atoms with Crippen molar-refractivity contribution in [3.8, 4) is 0 Å². The van der Waals surface area contributed by atoms with Crippen molar-refractivity contribution in [2.24, 2.45) is 0 Å². The third kappa shape index (κ3) is 2.00. The molecule has 0 N–H and O–H groups in total. The zero-order valence-corrected chi connectivity index (χ0v) is 12.8. The SMILES string of the molecule is O=CC1(c2ccccc2)Cc2cc(F)c(Cl)c(Br)c2C1. The Morgan fingerprint density at radius 2 is 1.95 bits per heavy atom. The molecule has 0 saturated carbocycles. The van der Waals surface area contributed by atoms with Crippen LogP contribution in [0.1, 0.15) is 16.7 Å². The highest BCUT2D eigenvalue weighted by atomic mass is 79.9. The van der Waals surface area contributed by atoms with Gasteiger partial charge in [0, 0.05) is 4.47 Å². The van der Waals surface area contributed by atoms with Crippen molar-refractivity contribution in [1.82, 2.24) is 0 Å². The lowest BCUT2D eigenvalue weighted by atomic mass is 9.79. The van der Waals surface area contributed by atoms with Gasteiger partial charge in [-0.05, 0) is 51.5 Å². The van der Waals surface area contributed by atoms with E-state index in [1.807, 2.05) is 30.3 Å². The second-order valence-electron chi connectivity index (χ2n) is 5.12. The van der Waals surface area contributed by atoms with Crippen molar-refractivity contribution < 1.29 is 9.18 Å². The minimum Gasteiger partial charge on any atom is -0.302 e. The van der Waals surface area contributed by atoms with E-state index in [1.165, 1.54) is 6.07 Å². The monoisotopic (exact) mass is 352 g/mol. The molecule has 0 radical (unpaired) electrons. The molecule has 2 aromatic carbocycles. The topological polar surface area (TPSA) is 17.1 Å². The number of halogens is 3. The first-order valence-corrected chi connectivity index (χ1v) is 7.41. The molecule has 0 bridgehead atoms. The Kier molecular flexibility index (Phi) is 3.43. The number of benzene rings is 2. The molecule has 20 heavy (non-hydrogen) atoms.